The topological polar surface area (TPSA) is 71.3 Å². The molecule has 24 heavy (non-hydrogen) atoms. The van der Waals surface area contributed by atoms with Crippen molar-refractivity contribution in [3.63, 3.8) is 0 Å². The number of piperazine rings is 1. The SMILES string of the molecule is Cn1ncc(N2CCN(C(=O)CCc3cccnc3)CC2)cc1=O. The molecule has 1 fully saturated rings. The summed E-state index contributed by atoms with van der Waals surface area (Å²) < 4.78 is 1.31. The van der Waals surface area contributed by atoms with E-state index in [-0.39, 0.29) is 11.5 Å². The number of carbonyl (C=O) groups is 1. The molecule has 0 unspecified atom stereocenters. The van der Waals surface area contributed by atoms with Crippen LogP contribution in [0.1, 0.15) is 12.0 Å². The van der Waals surface area contributed by atoms with Crippen molar-refractivity contribution in [1.82, 2.24) is 19.7 Å². The second kappa shape index (κ2) is 7.25. The van der Waals surface area contributed by atoms with Gasteiger partial charge in [0.1, 0.15) is 0 Å². The number of aromatic nitrogens is 3. The maximum atomic E-state index is 12.3. The van der Waals surface area contributed by atoms with Gasteiger partial charge in [-0.1, -0.05) is 6.07 Å². The summed E-state index contributed by atoms with van der Waals surface area (Å²) in [6.07, 6.45) is 6.44. The molecule has 2 aromatic rings. The maximum absolute atomic E-state index is 12.3. The van der Waals surface area contributed by atoms with Gasteiger partial charge in [-0.15, -0.1) is 0 Å². The van der Waals surface area contributed by atoms with Crippen LogP contribution in [0.15, 0.2) is 41.6 Å². The van der Waals surface area contributed by atoms with E-state index in [0.29, 0.717) is 39.0 Å². The van der Waals surface area contributed by atoms with Crippen LogP contribution in [0.3, 0.4) is 0 Å². The molecule has 3 rings (SSSR count). The molecule has 3 heterocycles. The van der Waals surface area contributed by atoms with E-state index in [2.05, 4.69) is 15.0 Å². The van der Waals surface area contributed by atoms with Gasteiger partial charge in [-0.25, -0.2) is 4.68 Å². The van der Waals surface area contributed by atoms with Crippen molar-refractivity contribution in [2.24, 2.45) is 7.05 Å². The van der Waals surface area contributed by atoms with E-state index in [9.17, 15) is 9.59 Å². The van der Waals surface area contributed by atoms with Gasteiger partial charge in [-0.3, -0.25) is 14.6 Å². The molecule has 1 aliphatic heterocycles. The second-order valence-electron chi connectivity index (χ2n) is 5.90. The third kappa shape index (κ3) is 3.79. The third-order valence-electron chi connectivity index (χ3n) is 4.30. The van der Waals surface area contributed by atoms with Gasteiger partial charge in [-0.05, 0) is 18.1 Å². The molecule has 7 nitrogen and oxygen atoms in total. The summed E-state index contributed by atoms with van der Waals surface area (Å²) in [5, 5.41) is 4.05. The molecular weight excluding hydrogens is 306 g/mol. The smallest absolute Gasteiger partial charge is 0.268 e. The van der Waals surface area contributed by atoms with E-state index in [4.69, 9.17) is 0 Å². The monoisotopic (exact) mass is 327 g/mol. The lowest BCUT2D eigenvalue weighted by atomic mass is 10.1. The number of hydrogen-bond acceptors (Lipinski definition) is 5. The van der Waals surface area contributed by atoms with E-state index in [1.54, 1.807) is 31.7 Å². The minimum Gasteiger partial charge on any atom is -0.367 e. The first-order valence-corrected chi connectivity index (χ1v) is 8.08. The molecule has 0 aromatic carbocycles. The lowest BCUT2D eigenvalue weighted by molar-refractivity contribution is -0.131. The number of hydrogen-bond donors (Lipinski definition) is 0. The Morgan fingerprint density at radius 1 is 1.21 bits per heavy atom. The molecule has 0 radical (unpaired) electrons. The first-order valence-electron chi connectivity index (χ1n) is 8.08. The summed E-state index contributed by atoms with van der Waals surface area (Å²) in [7, 11) is 1.63. The fraction of sp³-hybridized carbons (Fsp3) is 0.412. The molecule has 2 aromatic heterocycles. The van der Waals surface area contributed by atoms with Crippen LogP contribution in [-0.4, -0.2) is 51.8 Å². The summed E-state index contributed by atoms with van der Waals surface area (Å²) in [5.41, 5.74) is 1.78. The van der Waals surface area contributed by atoms with Crippen LogP contribution < -0.4 is 10.5 Å². The first-order chi connectivity index (χ1) is 11.6. The van der Waals surface area contributed by atoms with Gasteiger partial charge in [0, 0.05) is 58.1 Å². The number of rotatable bonds is 4. The Kier molecular flexibility index (Phi) is 4.88. The molecule has 0 atom stereocenters. The summed E-state index contributed by atoms with van der Waals surface area (Å²) >= 11 is 0. The lowest BCUT2D eigenvalue weighted by Gasteiger charge is -2.36. The van der Waals surface area contributed by atoms with Crippen LogP contribution in [-0.2, 0) is 18.3 Å². The number of amides is 1. The van der Waals surface area contributed by atoms with Crippen LogP contribution in [0, 0.1) is 0 Å². The Labute approximate surface area is 140 Å². The maximum Gasteiger partial charge on any atom is 0.268 e. The fourth-order valence-corrected chi connectivity index (χ4v) is 2.80. The molecule has 126 valence electrons. The highest BCUT2D eigenvalue weighted by Gasteiger charge is 2.21. The molecule has 1 saturated heterocycles. The molecule has 0 N–H and O–H groups in total. The van der Waals surface area contributed by atoms with Gasteiger partial charge in [0.2, 0.25) is 5.91 Å². The number of carbonyl (C=O) groups excluding carboxylic acids is 1. The summed E-state index contributed by atoms with van der Waals surface area (Å²) in [6.45, 7) is 2.77. The Bertz CT molecular complexity index is 751. The molecule has 1 amide bonds. The van der Waals surface area contributed by atoms with Gasteiger partial charge < -0.3 is 9.80 Å². The highest BCUT2D eigenvalue weighted by atomic mass is 16.2. The quantitative estimate of drug-likeness (QED) is 0.816. The fourth-order valence-electron chi connectivity index (χ4n) is 2.80. The zero-order chi connectivity index (χ0) is 16.9. The second-order valence-corrected chi connectivity index (χ2v) is 5.90. The van der Waals surface area contributed by atoms with Gasteiger partial charge >= 0.3 is 0 Å². The number of anilines is 1. The van der Waals surface area contributed by atoms with Crippen molar-refractivity contribution in [1.29, 1.82) is 0 Å². The molecule has 7 heteroatoms. The van der Waals surface area contributed by atoms with Crippen molar-refractivity contribution in [3.8, 4) is 0 Å². The van der Waals surface area contributed by atoms with E-state index in [0.717, 1.165) is 11.3 Å². The number of nitrogens with zero attached hydrogens (tertiary/aromatic N) is 5. The highest BCUT2D eigenvalue weighted by Crippen LogP contribution is 2.14. The first kappa shape index (κ1) is 16.2. The molecule has 0 saturated carbocycles. The van der Waals surface area contributed by atoms with Gasteiger partial charge in [-0.2, -0.15) is 5.10 Å². The van der Waals surface area contributed by atoms with Crippen LogP contribution in [0.2, 0.25) is 0 Å². The van der Waals surface area contributed by atoms with Crippen LogP contribution >= 0.6 is 0 Å². The summed E-state index contributed by atoms with van der Waals surface area (Å²) in [5.74, 6) is 0.167. The molecule has 1 aliphatic rings. The predicted octanol–water partition coefficient (Wildman–Crippen LogP) is 0.457. The van der Waals surface area contributed by atoms with E-state index in [1.165, 1.54) is 4.68 Å². The van der Waals surface area contributed by atoms with Crippen LogP contribution in [0.5, 0.6) is 0 Å². The summed E-state index contributed by atoms with van der Waals surface area (Å²) in [4.78, 5) is 32.1. The Morgan fingerprint density at radius 2 is 2.00 bits per heavy atom. The lowest BCUT2D eigenvalue weighted by Crippen LogP contribution is -2.49. The van der Waals surface area contributed by atoms with E-state index in [1.807, 2.05) is 17.0 Å². The average Bonchev–Trinajstić information content (AvgIpc) is 2.63. The molecule has 0 aliphatic carbocycles. The zero-order valence-electron chi connectivity index (χ0n) is 13.8. The molecule has 0 spiro atoms. The number of aryl methyl sites for hydroxylation is 2. The largest absolute Gasteiger partial charge is 0.367 e. The predicted molar refractivity (Wildman–Crippen MR) is 90.8 cm³/mol. The minimum absolute atomic E-state index is 0.123. The van der Waals surface area contributed by atoms with Crippen LogP contribution in [0.25, 0.3) is 0 Å². The van der Waals surface area contributed by atoms with Crippen molar-refractivity contribution < 1.29 is 4.79 Å². The van der Waals surface area contributed by atoms with Crippen molar-refractivity contribution in [3.05, 3.63) is 52.7 Å². The standard InChI is InChI=1S/C17H21N5O2/c1-20-17(24)11-15(13-19-20)21-7-9-22(10-8-21)16(23)5-4-14-3-2-6-18-12-14/h2-3,6,11-13H,4-5,7-10H2,1H3. The van der Waals surface area contributed by atoms with Crippen molar-refractivity contribution in [2.75, 3.05) is 31.1 Å². The van der Waals surface area contributed by atoms with Crippen molar-refractivity contribution >= 4 is 11.6 Å². The van der Waals surface area contributed by atoms with E-state index >= 15 is 0 Å². The van der Waals surface area contributed by atoms with Gasteiger partial charge in [0.15, 0.2) is 0 Å². The Hall–Kier alpha value is -2.70. The Morgan fingerprint density at radius 3 is 2.67 bits per heavy atom. The molecule has 0 bridgehead atoms. The van der Waals surface area contributed by atoms with Gasteiger partial charge in [0.25, 0.3) is 5.56 Å². The third-order valence-corrected chi connectivity index (χ3v) is 4.30. The van der Waals surface area contributed by atoms with Crippen molar-refractivity contribution in [2.45, 2.75) is 12.8 Å². The molecular formula is C17H21N5O2. The van der Waals surface area contributed by atoms with Crippen LogP contribution in [0.4, 0.5) is 5.69 Å². The zero-order valence-corrected chi connectivity index (χ0v) is 13.8. The van der Waals surface area contributed by atoms with E-state index < -0.39 is 0 Å². The summed E-state index contributed by atoms with van der Waals surface area (Å²) in [6, 6.07) is 5.46. The number of pyridine rings is 1. The highest BCUT2D eigenvalue weighted by molar-refractivity contribution is 5.76. The Balaban J connectivity index is 1.51. The normalized spacial score (nSPS) is 14.7. The average molecular weight is 327 g/mol. The minimum atomic E-state index is -0.123. The van der Waals surface area contributed by atoms with Gasteiger partial charge in [0.05, 0.1) is 11.9 Å².